The van der Waals surface area contributed by atoms with Crippen molar-refractivity contribution in [3.8, 4) is 11.5 Å². The van der Waals surface area contributed by atoms with Crippen molar-refractivity contribution in [3.05, 3.63) is 23.8 Å². The highest BCUT2D eigenvalue weighted by Gasteiger charge is 2.61. The van der Waals surface area contributed by atoms with Crippen LogP contribution in [0.5, 0.6) is 11.5 Å². The third kappa shape index (κ3) is 1.85. The Morgan fingerprint density at radius 1 is 1.35 bits per heavy atom. The molecule has 1 aromatic rings. The van der Waals surface area contributed by atoms with Crippen LogP contribution in [0.25, 0.3) is 0 Å². The SMILES string of the molecule is COc1ccc(OC)c(C2C3C(N)C3CN2C(C)=O)c1. The van der Waals surface area contributed by atoms with Crippen LogP contribution in [-0.2, 0) is 4.79 Å². The van der Waals surface area contributed by atoms with Gasteiger partial charge in [-0.25, -0.2) is 0 Å². The maximum absolute atomic E-state index is 11.9. The van der Waals surface area contributed by atoms with E-state index in [9.17, 15) is 4.79 Å². The van der Waals surface area contributed by atoms with Crippen molar-refractivity contribution in [1.29, 1.82) is 0 Å². The van der Waals surface area contributed by atoms with E-state index in [4.69, 9.17) is 15.2 Å². The van der Waals surface area contributed by atoms with Crippen LogP contribution in [0.15, 0.2) is 18.2 Å². The number of hydrogen-bond acceptors (Lipinski definition) is 4. The predicted molar refractivity (Wildman–Crippen MR) is 74.6 cm³/mol. The number of amides is 1. The zero-order valence-electron chi connectivity index (χ0n) is 12.0. The molecule has 4 atom stereocenters. The van der Waals surface area contributed by atoms with Gasteiger partial charge in [0.25, 0.3) is 0 Å². The van der Waals surface area contributed by atoms with Gasteiger partial charge >= 0.3 is 0 Å². The zero-order valence-corrected chi connectivity index (χ0v) is 12.0. The fourth-order valence-corrected chi connectivity index (χ4v) is 3.43. The molecule has 1 aliphatic carbocycles. The smallest absolute Gasteiger partial charge is 0.219 e. The van der Waals surface area contributed by atoms with Gasteiger partial charge in [0.05, 0.1) is 20.3 Å². The van der Waals surface area contributed by atoms with Gasteiger partial charge in [-0.1, -0.05) is 0 Å². The lowest BCUT2D eigenvalue weighted by molar-refractivity contribution is -0.130. The van der Waals surface area contributed by atoms with Gasteiger partial charge in [-0.3, -0.25) is 4.79 Å². The number of methoxy groups -OCH3 is 2. The molecule has 2 N–H and O–H groups in total. The number of nitrogens with two attached hydrogens (primary N) is 1. The molecule has 1 amide bonds. The molecule has 3 rings (SSSR count). The molecule has 1 aliphatic heterocycles. The van der Waals surface area contributed by atoms with E-state index in [0.717, 1.165) is 23.6 Å². The molecule has 0 spiro atoms. The minimum absolute atomic E-state index is 0.00227. The van der Waals surface area contributed by atoms with Crippen molar-refractivity contribution in [1.82, 2.24) is 4.90 Å². The summed E-state index contributed by atoms with van der Waals surface area (Å²) in [7, 11) is 3.28. The molecule has 2 aliphatic rings. The molecule has 1 saturated heterocycles. The van der Waals surface area contributed by atoms with Gasteiger partial charge in [0.1, 0.15) is 11.5 Å². The second kappa shape index (κ2) is 4.66. The summed E-state index contributed by atoms with van der Waals surface area (Å²) in [6, 6.07) is 5.88. The molecule has 1 saturated carbocycles. The van der Waals surface area contributed by atoms with Crippen LogP contribution in [0.3, 0.4) is 0 Å². The molecular weight excluding hydrogens is 256 g/mol. The summed E-state index contributed by atoms with van der Waals surface area (Å²) in [6.45, 7) is 2.35. The summed E-state index contributed by atoms with van der Waals surface area (Å²) in [5.74, 6) is 2.38. The number of carbonyl (C=O) groups excluding carboxylic acids is 1. The van der Waals surface area contributed by atoms with Crippen molar-refractivity contribution in [2.75, 3.05) is 20.8 Å². The number of rotatable bonds is 3. The summed E-state index contributed by atoms with van der Waals surface area (Å²) in [5, 5.41) is 0. The summed E-state index contributed by atoms with van der Waals surface area (Å²) >= 11 is 0. The van der Waals surface area contributed by atoms with Crippen molar-refractivity contribution < 1.29 is 14.3 Å². The minimum Gasteiger partial charge on any atom is -0.497 e. The highest BCUT2D eigenvalue weighted by molar-refractivity contribution is 5.75. The van der Waals surface area contributed by atoms with Gasteiger partial charge in [0.15, 0.2) is 0 Å². The lowest BCUT2D eigenvalue weighted by Crippen LogP contribution is -2.35. The number of hydrogen-bond donors (Lipinski definition) is 1. The number of benzene rings is 1. The van der Waals surface area contributed by atoms with E-state index in [1.165, 1.54) is 0 Å². The lowest BCUT2D eigenvalue weighted by atomic mass is 10.00. The summed E-state index contributed by atoms with van der Waals surface area (Å²) in [5.41, 5.74) is 7.10. The second-order valence-electron chi connectivity index (χ2n) is 5.54. The molecular formula is C15H20N2O3. The van der Waals surface area contributed by atoms with Gasteiger partial charge in [0.2, 0.25) is 5.91 Å². The fourth-order valence-electron chi connectivity index (χ4n) is 3.43. The predicted octanol–water partition coefficient (Wildman–Crippen LogP) is 1.18. The first-order chi connectivity index (χ1) is 9.58. The molecule has 1 aromatic carbocycles. The zero-order chi connectivity index (χ0) is 14.4. The number of ether oxygens (including phenoxy) is 2. The molecule has 4 unspecified atom stereocenters. The minimum atomic E-state index is -0.00227. The fraction of sp³-hybridized carbons (Fsp3) is 0.533. The molecule has 2 fully saturated rings. The molecule has 108 valence electrons. The van der Waals surface area contributed by atoms with Crippen molar-refractivity contribution in [2.45, 2.75) is 19.0 Å². The topological polar surface area (TPSA) is 64.8 Å². The quantitative estimate of drug-likeness (QED) is 0.900. The van der Waals surface area contributed by atoms with Crippen LogP contribution >= 0.6 is 0 Å². The first kappa shape index (κ1) is 13.2. The van der Waals surface area contributed by atoms with Crippen LogP contribution in [0.2, 0.25) is 0 Å². The number of piperidine rings is 1. The second-order valence-corrected chi connectivity index (χ2v) is 5.54. The van der Waals surface area contributed by atoms with Gasteiger partial charge in [-0.15, -0.1) is 0 Å². The number of likely N-dealkylation sites (tertiary alicyclic amines) is 1. The van der Waals surface area contributed by atoms with Crippen molar-refractivity contribution in [2.24, 2.45) is 17.6 Å². The maximum Gasteiger partial charge on any atom is 0.219 e. The number of carbonyl (C=O) groups is 1. The van der Waals surface area contributed by atoms with E-state index in [1.807, 2.05) is 23.1 Å². The number of nitrogens with zero attached hydrogens (tertiary/aromatic N) is 1. The van der Waals surface area contributed by atoms with E-state index in [0.29, 0.717) is 11.8 Å². The lowest BCUT2D eigenvalue weighted by Gasteiger charge is -2.29. The van der Waals surface area contributed by atoms with E-state index in [1.54, 1.807) is 21.1 Å². The van der Waals surface area contributed by atoms with E-state index in [-0.39, 0.29) is 18.0 Å². The van der Waals surface area contributed by atoms with Crippen LogP contribution in [0, 0.1) is 11.8 Å². The average Bonchev–Trinajstić information content (AvgIpc) is 2.90. The summed E-state index contributed by atoms with van der Waals surface area (Å²) in [6.07, 6.45) is 0. The molecule has 20 heavy (non-hydrogen) atoms. The Bertz CT molecular complexity index is 546. The highest BCUT2D eigenvalue weighted by Crippen LogP contribution is 2.57. The molecule has 1 heterocycles. The normalized spacial score (nSPS) is 30.9. The van der Waals surface area contributed by atoms with Crippen molar-refractivity contribution in [3.63, 3.8) is 0 Å². The van der Waals surface area contributed by atoms with Gasteiger partial charge in [-0.05, 0) is 24.1 Å². The maximum atomic E-state index is 11.9. The third-order valence-corrected chi connectivity index (χ3v) is 4.56. The van der Waals surface area contributed by atoms with Gasteiger partial charge < -0.3 is 20.1 Å². The van der Waals surface area contributed by atoms with Crippen LogP contribution in [-0.4, -0.2) is 37.6 Å². The Kier molecular flexibility index (Phi) is 3.09. The summed E-state index contributed by atoms with van der Waals surface area (Å²) < 4.78 is 10.7. The number of fused-ring (bicyclic) bond motifs is 1. The van der Waals surface area contributed by atoms with Crippen molar-refractivity contribution >= 4 is 5.91 Å². The molecule has 5 nitrogen and oxygen atoms in total. The standard InChI is InChI=1S/C15H20N2O3/c1-8(18)17-7-11-13(14(11)16)15(17)10-6-9(19-2)4-5-12(10)20-3/h4-6,11,13-15H,7,16H2,1-3H3. The van der Waals surface area contributed by atoms with Gasteiger partial charge in [-0.2, -0.15) is 0 Å². The Morgan fingerprint density at radius 2 is 2.10 bits per heavy atom. The molecule has 0 bridgehead atoms. The monoisotopic (exact) mass is 276 g/mol. The van der Waals surface area contributed by atoms with Crippen LogP contribution in [0.1, 0.15) is 18.5 Å². The Balaban J connectivity index is 2.03. The van der Waals surface area contributed by atoms with E-state index < -0.39 is 0 Å². The molecule has 5 heteroatoms. The average molecular weight is 276 g/mol. The first-order valence-corrected chi connectivity index (χ1v) is 6.83. The first-order valence-electron chi connectivity index (χ1n) is 6.83. The van der Waals surface area contributed by atoms with Gasteiger partial charge in [0, 0.05) is 31.0 Å². The molecule has 0 aromatic heterocycles. The Labute approximate surface area is 118 Å². The van der Waals surface area contributed by atoms with E-state index in [2.05, 4.69) is 0 Å². The largest absolute Gasteiger partial charge is 0.497 e. The van der Waals surface area contributed by atoms with Crippen LogP contribution < -0.4 is 15.2 Å². The highest BCUT2D eigenvalue weighted by atomic mass is 16.5. The van der Waals surface area contributed by atoms with Crippen LogP contribution in [0.4, 0.5) is 0 Å². The Hall–Kier alpha value is -1.75. The molecule has 0 radical (unpaired) electrons. The summed E-state index contributed by atoms with van der Waals surface area (Å²) in [4.78, 5) is 13.8. The third-order valence-electron chi connectivity index (χ3n) is 4.56. The Morgan fingerprint density at radius 3 is 2.70 bits per heavy atom. The van der Waals surface area contributed by atoms with E-state index >= 15 is 0 Å².